The van der Waals surface area contributed by atoms with Gasteiger partial charge in [0.05, 0.1) is 6.54 Å². The standard InChI is InChI=1S/C45H85N13O10/c1-10-17-32(44(67)57-34(20-13-16-23-48)43(66)53-30(7)40(63)51-28(5)38(61)49-9)56-41(64)31(8)54-42(65)33(19-12-15-22-47)55-36(59)25-50-39(62)29(6)52-45(68)35(24-26(2)3)58-37(60)27(4)18-11-14-21-46/h26-35H,10-25,46-48H2,1-9H3,(H,49,61)(H,50,62)(H,51,63)(H,52,68)(H,53,66)(H,54,65)(H,55,59)(H,56,64)(H,57,67)(H,58,60)/t27-,28-,29-,30-,31-,32-,33-,34-,35-/m0/s1. The minimum Gasteiger partial charge on any atom is -0.357 e. The van der Waals surface area contributed by atoms with Crippen LogP contribution in [0.5, 0.6) is 0 Å². The van der Waals surface area contributed by atoms with Crippen LogP contribution in [-0.4, -0.2) is 141 Å². The van der Waals surface area contributed by atoms with E-state index in [2.05, 4.69) is 53.2 Å². The molecule has 0 aliphatic carbocycles. The van der Waals surface area contributed by atoms with E-state index in [0.29, 0.717) is 64.6 Å². The van der Waals surface area contributed by atoms with Crippen LogP contribution in [0.25, 0.3) is 0 Å². The number of carbonyl (C=O) groups is 10. The molecule has 0 aromatic rings. The zero-order valence-corrected chi connectivity index (χ0v) is 41.9. The van der Waals surface area contributed by atoms with Crippen molar-refractivity contribution in [2.24, 2.45) is 29.0 Å². The Labute approximate surface area is 402 Å². The first kappa shape index (κ1) is 62.6. The van der Waals surface area contributed by atoms with Crippen molar-refractivity contribution in [2.75, 3.05) is 33.2 Å². The maximum absolute atomic E-state index is 13.6. The van der Waals surface area contributed by atoms with E-state index in [1.54, 1.807) is 13.8 Å². The zero-order chi connectivity index (χ0) is 51.9. The van der Waals surface area contributed by atoms with Crippen LogP contribution in [0.4, 0.5) is 0 Å². The molecule has 0 heterocycles. The monoisotopic (exact) mass is 968 g/mol. The van der Waals surface area contributed by atoms with Crippen LogP contribution in [0.3, 0.4) is 0 Å². The van der Waals surface area contributed by atoms with Crippen molar-refractivity contribution in [3.8, 4) is 0 Å². The van der Waals surface area contributed by atoms with Crippen molar-refractivity contribution in [3.05, 3.63) is 0 Å². The van der Waals surface area contributed by atoms with Crippen LogP contribution < -0.4 is 70.4 Å². The Kier molecular flexibility index (Phi) is 32.0. The van der Waals surface area contributed by atoms with E-state index in [0.717, 1.165) is 12.8 Å². The molecule has 0 aliphatic rings. The summed E-state index contributed by atoms with van der Waals surface area (Å²) < 4.78 is 0. The fourth-order valence-corrected chi connectivity index (χ4v) is 6.72. The van der Waals surface area contributed by atoms with Gasteiger partial charge in [-0.05, 0) is 117 Å². The molecule has 0 saturated heterocycles. The van der Waals surface area contributed by atoms with Gasteiger partial charge in [0.1, 0.15) is 48.3 Å². The molecule has 23 heteroatoms. The molecular weight excluding hydrogens is 883 g/mol. The Morgan fingerprint density at radius 1 is 0.397 bits per heavy atom. The average molecular weight is 968 g/mol. The number of nitrogens with one attached hydrogen (secondary N) is 10. The number of likely N-dealkylation sites (N-methyl/N-ethyl adjacent to an activating group) is 1. The van der Waals surface area contributed by atoms with Gasteiger partial charge in [0.15, 0.2) is 0 Å². The molecule has 0 spiro atoms. The van der Waals surface area contributed by atoms with Crippen LogP contribution in [-0.2, 0) is 47.9 Å². The smallest absolute Gasteiger partial charge is 0.243 e. The molecule has 0 saturated carbocycles. The van der Waals surface area contributed by atoms with Crippen LogP contribution >= 0.6 is 0 Å². The Hall–Kier alpha value is -5.42. The van der Waals surface area contributed by atoms with Crippen molar-refractivity contribution < 1.29 is 47.9 Å². The number of rotatable bonds is 35. The second kappa shape index (κ2) is 34.8. The quantitative estimate of drug-likeness (QED) is 0.0297. The first-order valence-electron chi connectivity index (χ1n) is 24.1. The van der Waals surface area contributed by atoms with Gasteiger partial charge in [-0.1, -0.05) is 40.5 Å². The van der Waals surface area contributed by atoms with Gasteiger partial charge in [0.25, 0.3) is 0 Å². The molecule has 0 rings (SSSR count). The van der Waals surface area contributed by atoms with Crippen LogP contribution in [0.15, 0.2) is 0 Å². The van der Waals surface area contributed by atoms with Gasteiger partial charge in [0.2, 0.25) is 59.1 Å². The summed E-state index contributed by atoms with van der Waals surface area (Å²) in [4.78, 5) is 131. The SMILES string of the molecule is CCC[C@H](NC(=O)[C@H](C)NC(=O)[C@H](CCCCN)NC(=O)CNC(=O)[C@H](C)NC(=O)[C@H](CC(C)C)NC(=O)[C@@H](C)CCCCN)C(=O)N[C@@H](CCCCN)C(=O)N[C@@H](C)C(=O)N[C@@H](C)C(=O)NC. The van der Waals surface area contributed by atoms with Crippen molar-refractivity contribution in [1.29, 1.82) is 0 Å². The van der Waals surface area contributed by atoms with E-state index in [9.17, 15) is 47.9 Å². The van der Waals surface area contributed by atoms with Crippen molar-refractivity contribution in [2.45, 2.75) is 181 Å². The van der Waals surface area contributed by atoms with Gasteiger partial charge < -0.3 is 70.4 Å². The molecule has 0 fully saturated rings. The minimum atomic E-state index is -1.20. The predicted molar refractivity (Wildman–Crippen MR) is 257 cm³/mol. The Bertz CT molecular complexity index is 1630. The van der Waals surface area contributed by atoms with Gasteiger partial charge >= 0.3 is 0 Å². The molecule has 0 bridgehead atoms. The highest BCUT2D eigenvalue weighted by molar-refractivity contribution is 5.97. The lowest BCUT2D eigenvalue weighted by Crippen LogP contribution is -2.59. The fourth-order valence-electron chi connectivity index (χ4n) is 6.72. The van der Waals surface area contributed by atoms with Crippen molar-refractivity contribution in [1.82, 2.24) is 53.2 Å². The van der Waals surface area contributed by atoms with E-state index in [1.165, 1.54) is 34.7 Å². The molecule has 0 radical (unpaired) electrons. The lowest BCUT2D eigenvalue weighted by molar-refractivity contribution is -0.135. The predicted octanol–water partition coefficient (Wildman–Crippen LogP) is -2.32. The normalized spacial score (nSPS) is 15.0. The molecular formula is C45H85N13O10. The van der Waals surface area contributed by atoms with E-state index in [4.69, 9.17) is 17.2 Å². The Balaban J connectivity index is 5.69. The molecule has 23 nitrogen and oxygen atoms in total. The highest BCUT2D eigenvalue weighted by Gasteiger charge is 2.32. The molecule has 9 atom stereocenters. The lowest BCUT2D eigenvalue weighted by Gasteiger charge is -2.26. The summed E-state index contributed by atoms with van der Waals surface area (Å²) >= 11 is 0. The van der Waals surface area contributed by atoms with Crippen LogP contribution in [0, 0.1) is 11.8 Å². The van der Waals surface area contributed by atoms with E-state index in [1.807, 2.05) is 13.8 Å². The molecule has 10 amide bonds. The number of nitrogens with two attached hydrogens (primary N) is 3. The topological polar surface area (TPSA) is 369 Å². The summed E-state index contributed by atoms with van der Waals surface area (Å²) in [5.74, 6) is -6.38. The van der Waals surface area contributed by atoms with Crippen LogP contribution in [0.2, 0.25) is 0 Å². The fraction of sp³-hybridized carbons (Fsp3) is 0.778. The number of carbonyl (C=O) groups excluding carboxylic acids is 10. The third-order valence-corrected chi connectivity index (χ3v) is 10.9. The third-order valence-electron chi connectivity index (χ3n) is 10.9. The van der Waals surface area contributed by atoms with E-state index in [-0.39, 0.29) is 37.0 Å². The van der Waals surface area contributed by atoms with Gasteiger partial charge in [0, 0.05) is 13.0 Å². The largest absolute Gasteiger partial charge is 0.357 e. The second-order valence-electron chi connectivity index (χ2n) is 17.7. The molecule has 0 aliphatic heterocycles. The zero-order valence-electron chi connectivity index (χ0n) is 41.9. The van der Waals surface area contributed by atoms with E-state index >= 15 is 0 Å². The van der Waals surface area contributed by atoms with E-state index < -0.39 is 108 Å². The maximum Gasteiger partial charge on any atom is 0.243 e. The van der Waals surface area contributed by atoms with Gasteiger partial charge in [-0.3, -0.25) is 47.9 Å². The van der Waals surface area contributed by atoms with Crippen molar-refractivity contribution in [3.63, 3.8) is 0 Å². The van der Waals surface area contributed by atoms with Gasteiger partial charge in [-0.2, -0.15) is 0 Å². The van der Waals surface area contributed by atoms with Crippen LogP contribution in [0.1, 0.15) is 132 Å². The first-order chi connectivity index (χ1) is 32.1. The highest BCUT2D eigenvalue weighted by atomic mass is 16.2. The number of amides is 10. The average Bonchev–Trinajstić information content (AvgIpc) is 3.28. The molecule has 0 aromatic heterocycles. The highest BCUT2D eigenvalue weighted by Crippen LogP contribution is 2.12. The van der Waals surface area contributed by atoms with Gasteiger partial charge in [-0.15, -0.1) is 0 Å². The summed E-state index contributed by atoms with van der Waals surface area (Å²) in [6.45, 7) is 13.7. The number of hydrogen-bond donors (Lipinski definition) is 13. The summed E-state index contributed by atoms with van der Waals surface area (Å²) in [6, 6.07) is -8.47. The number of unbranched alkanes of at least 4 members (excludes halogenated alkanes) is 3. The Morgan fingerprint density at radius 2 is 0.765 bits per heavy atom. The Morgan fingerprint density at radius 3 is 1.24 bits per heavy atom. The summed E-state index contributed by atoms with van der Waals surface area (Å²) in [5, 5.41) is 25.8. The molecule has 68 heavy (non-hydrogen) atoms. The molecule has 390 valence electrons. The first-order valence-corrected chi connectivity index (χ1v) is 24.1. The maximum atomic E-state index is 13.6. The second-order valence-corrected chi connectivity index (χ2v) is 17.7. The minimum absolute atomic E-state index is 0.0482. The summed E-state index contributed by atoms with van der Waals surface area (Å²) in [7, 11) is 1.42. The lowest BCUT2D eigenvalue weighted by atomic mass is 9.99. The van der Waals surface area contributed by atoms with Gasteiger partial charge in [-0.25, -0.2) is 0 Å². The summed E-state index contributed by atoms with van der Waals surface area (Å²) in [5.41, 5.74) is 16.9. The number of hydrogen-bond acceptors (Lipinski definition) is 13. The molecule has 0 aromatic carbocycles. The molecule has 16 N–H and O–H groups in total. The molecule has 0 unspecified atom stereocenters. The third kappa shape index (κ3) is 25.6. The summed E-state index contributed by atoms with van der Waals surface area (Å²) in [6.07, 6.45) is 5.38. The van der Waals surface area contributed by atoms with Crippen molar-refractivity contribution >= 4 is 59.1 Å².